The van der Waals surface area contributed by atoms with Crippen molar-refractivity contribution in [1.29, 1.82) is 0 Å². The normalized spacial score (nSPS) is 21.7. The van der Waals surface area contributed by atoms with Crippen LogP contribution in [0.3, 0.4) is 0 Å². The molecule has 0 saturated heterocycles. The number of hydrogen-bond donors (Lipinski definition) is 1. The van der Waals surface area contributed by atoms with E-state index < -0.39 is 0 Å². The number of carbonyl (C=O) groups is 1. The molecule has 1 spiro atoms. The summed E-state index contributed by atoms with van der Waals surface area (Å²) in [5.41, 5.74) is 8.38. The summed E-state index contributed by atoms with van der Waals surface area (Å²) in [5.74, 6) is 0.0864. The Balaban J connectivity index is 1.99. The van der Waals surface area contributed by atoms with Crippen LogP contribution in [0, 0.1) is 5.92 Å². The Hall–Kier alpha value is -1.35. The van der Waals surface area contributed by atoms with Gasteiger partial charge in [0.25, 0.3) is 0 Å². The van der Waals surface area contributed by atoms with Crippen LogP contribution in [0.15, 0.2) is 24.3 Å². The Labute approximate surface area is 114 Å². The van der Waals surface area contributed by atoms with Gasteiger partial charge >= 0.3 is 0 Å². The van der Waals surface area contributed by atoms with E-state index in [-0.39, 0.29) is 17.2 Å². The van der Waals surface area contributed by atoms with Gasteiger partial charge in [0.05, 0.1) is 0 Å². The number of anilines is 1. The molecule has 2 N–H and O–H groups in total. The van der Waals surface area contributed by atoms with Gasteiger partial charge in [-0.25, -0.2) is 0 Å². The van der Waals surface area contributed by atoms with Crippen LogP contribution in [-0.2, 0) is 10.2 Å². The molecule has 1 heterocycles. The third kappa shape index (κ3) is 1.88. The van der Waals surface area contributed by atoms with E-state index in [9.17, 15) is 4.79 Å². The SMILES string of the molecule is CC(CN)C(=O)N1CC2(CCCC2)c2ccccc21. The second-order valence-corrected chi connectivity index (χ2v) is 6.07. The Morgan fingerprint density at radius 3 is 2.74 bits per heavy atom. The molecular weight excluding hydrogens is 236 g/mol. The number of rotatable bonds is 2. The summed E-state index contributed by atoms with van der Waals surface area (Å²) < 4.78 is 0. The number of benzene rings is 1. The molecule has 2 aliphatic rings. The number of hydrogen-bond acceptors (Lipinski definition) is 2. The van der Waals surface area contributed by atoms with E-state index in [1.54, 1.807) is 0 Å². The lowest BCUT2D eigenvalue weighted by atomic mass is 9.81. The summed E-state index contributed by atoms with van der Waals surface area (Å²) in [7, 11) is 0. The number of fused-ring (bicyclic) bond motifs is 2. The first kappa shape index (κ1) is 12.7. The summed E-state index contributed by atoms with van der Waals surface area (Å²) in [6, 6.07) is 8.42. The standard InChI is InChI=1S/C16H22N2O/c1-12(10-17)15(19)18-11-16(8-4-5-9-16)13-6-2-3-7-14(13)18/h2-3,6-7,12H,4-5,8-11,17H2,1H3. The average Bonchev–Trinajstić information content (AvgIpc) is 3.05. The molecule has 1 aromatic carbocycles. The van der Waals surface area contributed by atoms with Crippen LogP contribution in [0.1, 0.15) is 38.2 Å². The number of nitrogens with zero attached hydrogens (tertiary/aromatic N) is 1. The van der Waals surface area contributed by atoms with E-state index in [1.165, 1.54) is 31.2 Å². The fourth-order valence-corrected chi connectivity index (χ4v) is 3.67. The summed E-state index contributed by atoms with van der Waals surface area (Å²) in [4.78, 5) is 14.5. The molecule has 1 unspecified atom stereocenters. The first-order valence-electron chi connectivity index (χ1n) is 7.29. The number of para-hydroxylation sites is 1. The topological polar surface area (TPSA) is 46.3 Å². The maximum atomic E-state index is 12.5. The third-order valence-electron chi connectivity index (χ3n) is 4.83. The van der Waals surface area contributed by atoms with Crippen molar-refractivity contribution in [3.8, 4) is 0 Å². The zero-order valence-corrected chi connectivity index (χ0v) is 11.6. The fourth-order valence-electron chi connectivity index (χ4n) is 3.67. The zero-order valence-electron chi connectivity index (χ0n) is 11.6. The van der Waals surface area contributed by atoms with Gasteiger partial charge in [0.1, 0.15) is 0 Å². The molecule has 3 heteroatoms. The fraction of sp³-hybridized carbons (Fsp3) is 0.562. The summed E-state index contributed by atoms with van der Waals surface area (Å²) in [6.45, 7) is 3.20. The highest BCUT2D eigenvalue weighted by molar-refractivity contribution is 5.97. The number of carbonyl (C=O) groups excluding carboxylic acids is 1. The molecule has 0 bridgehead atoms. The van der Waals surface area contributed by atoms with E-state index in [4.69, 9.17) is 5.73 Å². The van der Waals surface area contributed by atoms with Crippen molar-refractivity contribution in [2.75, 3.05) is 18.0 Å². The monoisotopic (exact) mass is 258 g/mol. The van der Waals surface area contributed by atoms with Gasteiger partial charge in [-0.3, -0.25) is 4.79 Å². The molecule has 0 radical (unpaired) electrons. The average molecular weight is 258 g/mol. The number of nitrogens with two attached hydrogens (primary N) is 1. The smallest absolute Gasteiger partial charge is 0.231 e. The summed E-state index contributed by atoms with van der Waals surface area (Å²) >= 11 is 0. The Kier molecular flexibility index (Phi) is 3.09. The van der Waals surface area contributed by atoms with Crippen molar-refractivity contribution in [2.45, 2.75) is 38.0 Å². The molecule has 102 valence electrons. The molecule has 1 aliphatic heterocycles. The molecule has 1 aromatic rings. The van der Waals surface area contributed by atoms with Crippen LogP contribution in [0.25, 0.3) is 0 Å². The van der Waals surface area contributed by atoms with Crippen LogP contribution in [0.2, 0.25) is 0 Å². The minimum absolute atomic E-state index is 0.0930. The molecule has 1 atom stereocenters. The Morgan fingerprint density at radius 1 is 1.37 bits per heavy atom. The Bertz CT molecular complexity index is 491. The van der Waals surface area contributed by atoms with Crippen LogP contribution in [0.4, 0.5) is 5.69 Å². The van der Waals surface area contributed by atoms with Gasteiger partial charge in [0, 0.05) is 30.1 Å². The first-order chi connectivity index (χ1) is 9.18. The molecule has 1 aliphatic carbocycles. The minimum Gasteiger partial charge on any atom is -0.330 e. The highest BCUT2D eigenvalue weighted by atomic mass is 16.2. The van der Waals surface area contributed by atoms with Crippen LogP contribution in [0.5, 0.6) is 0 Å². The predicted octanol–water partition coefficient (Wildman–Crippen LogP) is 2.44. The highest BCUT2D eigenvalue weighted by Gasteiger charge is 2.46. The Morgan fingerprint density at radius 2 is 2.05 bits per heavy atom. The van der Waals surface area contributed by atoms with Crippen molar-refractivity contribution < 1.29 is 4.79 Å². The van der Waals surface area contributed by atoms with Gasteiger partial charge in [-0.1, -0.05) is 38.0 Å². The molecular formula is C16H22N2O. The predicted molar refractivity (Wildman–Crippen MR) is 77.2 cm³/mol. The van der Waals surface area contributed by atoms with Gasteiger partial charge in [0.15, 0.2) is 0 Å². The second kappa shape index (κ2) is 4.64. The first-order valence-corrected chi connectivity index (χ1v) is 7.29. The maximum Gasteiger partial charge on any atom is 0.231 e. The molecule has 3 rings (SSSR count). The maximum absolute atomic E-state index is 12.5. The van der Waals surface area contributed by atoms with Gasteiger partial charge < -0.3 is 10.6 Å². The van der Waals surface area contributed by atoms with E-state index in [0.717, 1.165) is 12.2 Å². The second-order valence-electron chi connectivity index (χ2n) is 6.07. The quantitative estimate of drug-likeness (QED) is 0.885. The van der Waals surface area contributed by atoms with Crippen molar-refractivity contribution in [3.05, 3.63) is 29.8 Å². The van der Waals surface area contributed by atoms with Crippen molar-refractivity contribution >= 4 is 11.6 Å². The van der Waals surface area contributed by atoms with Crippen molar-refractivity contribution in [2.24, 2.45) is 11.7 Å². The van der Waals surface area contributed by atoms with Gasteiger partial charge in [-0.15, -0.1) is 0 Å². The molecule has 1 saturated carbocycles. The molecule has 19 heavy (non-hydrogen) atoms. The van der Waals surface area contributed by atoms with E-state index in [2.05, 4.69) is 18.2 Å². The largest absolute Gasteiger partial charge is 0.330 e. The van der Waals surface area contributed by atoms with E-state index in [1.807, 2.05) is 17.9 Å². The van der Waals surface area contributed by atoms with Gasteiger partial charge in [0.2, 0.25) is 5.91 Å². The number of amides is 1. The van der Waals surface area contributed by atoms with Crippen LogP contribution in [-0.4, -0.2) is 19.0 Å². The van der Waals surface area contributed by atoms with Crippen LogP contribution >= 0.6 is 0 Å². The van der Waals surface area contributed by atoms with Crippen molar-refractivity contribution in [3.63, 3.8) is 0 Å². The highest BCUT2D eigenvalue weighted by Crippen LogP contribution is 2.50. The zero-order chi connectivity index (χ0) is 13.5. The van der Waals surface area contributed by atoms with Gasteiger partial charge in [-0.2, -0.15) is 0 Å². The third-order valence-corrected chi connectivity index (χ3v) is 4.83. The van der Waals surface area contributed by atoms with Gasteiger partial charge in [-0.05, 0) is 24.5 Å². The summed E-state index contributed by atoms with van der Waals surface area (Å²) in [6.07, 6.45) is 4.99. The van der Waals surface area contributed by atoms with Crippen molar-refractivity contribution in [1.82, 2.24) is 0 Å². The molecule has 1 amide bonds. The summed E-state index contributed by atoms with van der Waals surface area (Å²) in [5, 5.41) is 0. The van der Waals surface area contributed by atoms with Crippen LogP contribution < -0.4 is 10.6 Å². The molecule has 1 fully saturated rings. The molecule has 0 aromatic heterocycles. The van der Waals surface area contributed by atoms with E-state index >= 15 is 0 Å². The lowest BCUT2D eigenvalue weighted by Crippen LogP contribution is -2.40. The van der Waals surface area contributed by atoms with E-state index in [0.29, 0.717) is 6.54 Å². The molecule has 3 nitrogen and oxygen atoms in total. The lowest BCUT2D eigenvalue weighted by Gasteiger charge is -2.26. The lowest BCUT2D eigenvalue weighted by molar-refractivity contribution is -0.121. The minimum atomic E-state index is -0.0930.